The first-order valence-electron chi connectivity index (χ1n) is 7.46. The Morgan fingerprint density at radius 3 is 2.88 bits per heavy atom. The summed E-state index contributed by atoms with van der Waals surface area (Å²) in [7, 11) is 0. The standard InChI is InChI=1S/C17H14BrN3O4/c1-3-24-15(22)13-8(2)25-14(20)11(7-19)17(13)10-5-4-9(18)6-12(10)21-16(17)23/h4-6H,3,20H2,1-2H3,(H,21,23). The SMILES string of the molecule is CCOC(=O)C1=C(C)OC(N)=C(C#N)C12C(=O)Nc1cc(Br)ccc12. The van der Waals surface area contributed by atoms with Gasteiger partial charge in [0.15, 0.2) is 5.41 Å². The fourth-order valence-corrected chi connectivity index (χ4v) is 3.62. The second-order valence-electron chi connectivity index (χ2n) is 5.50. The molecule has 1 amide bonds. The Bertz CT molecular complexity index is 913. The second kappa shape index (κ2) is 5.93. The number of hydrogen-bond acceptors (Lipinski definition) is 6. The molecule has 7 nitrogen and oxygen atoms in total. The summed E-state index contributed by atoms with van der Waals surface area (Å²) in [5, 5.41) is 12.4. The first-order valence-corrected chi connectivity index (χ1v) is 8.25. The van der Waals surface area contributed by atoms with Crippen molar-refractivity contribution in [3.63, 3.8) is 0 Å². The molecule has 2 aliphatic rings. The predicted molar refractivity (Wildman–Crippen MR) is 91.7 cm³/mol. The van der Waals surface area contributed by atoms with Gasteiger partial charge >= 0.3 is 5.97 Å². The van der Waals surface area contributed by atoms with Gasteiger partial charge in [-0.3, -0.25) is 4.79 Å². The third-order valence-electron chi connectivity index (χ3n) is 4.18. The number of nitrogens with zero attached hydrogens (tertiary/aromatic N) is 1. The largest absolute Gasteiger partial charge is 0.462 e. The van der Waals surface area contributed by atoms with Gasteiger partial charge in [0.2, 0.25) is 11.8 Å². The molecule has 128 valence electrons. The number of amides is 1. The minimum atomic E-state index is -1.69. The van der Waals surface area contributed by atoms with Crippen LogP contribution in [0.2, 0.25) is 0 Å². The fourth-order valence-electron chi connectivity index (χ4n) is 3.26. The number of hydrogen-bond donors (Lipinski definition) is 2. The van der Waals surface area contributed by atoms with Crippen molar-refractivity contribution in [2.45, 2.75) is 19.3 Å². The average molecular weight is 404 g/mol. The number of carbonyl (C=O) groups is 2. The van der Waals surface area contributed by atoms with Gasteiger partial charge < -0.3 is 20.5 Å². The summed E-state index contributed by atoms with van der Waals surface area (Å²) in [6, 6.07) is 7.02. The van der Waals surface area contributed by atoms with Gasteiger partial charge in [0, 0.05) is 15.7 Å². The topological polar surface area (TPSA) is 114 Å². The summed E-state index contributed by atoms with van der Waals surface area (Å²) in [4.78, 5) is 25.7. The number of allylic oxidation sites excluding steroid dienone is 1. The zero-order valence-electron chi connectivity index (χ0n) is 13.5. The molecule has 25 heavy (non-hydrogen) atoms. The highest BCUT2D eigenvalue weighted by Gasteiger charge is 2.59. The number of ether oxygens (including phenoxy) is 2. The van der Waals surface area contributed by atoms with E-state index in [4.69, 9.17) is 15.2 Å². The summed E-state index contributed by atoms with van der Waals surface area (Å²) >= 11 is 3.34. The summed E-state index contributed by atoms with van der Waals surface area (Å²) in [5.74, 6) is -1.36. The molecule has 0 bridgehead atoms. The third-order valence-corrected chi connectivity index (χ3v) is 4.67. The van der Waals surface area contributed by atoms with Gasteiger partial charge in [-0.1, -0.05) is 22.0 Å². The highest BCUT2D eigenvalue weighted by molar-refractivity contribution is 9.10. The van der Waals surface area contributed by atoms with Crippen molar-refractivity contribution in [3.8, 4) is 6.07 Å². The number of halogens is 1. The number of anilines is 1. The maximum absolute atomic E-state index is 13.0. The van der Waals surface area contributed by atoms with E-state index in [2.05, 4.69) is 21.2 Å². The maximum Gasteiger partial charge on any atom is 0.339 e. The highest BCUT2D eigenvalue weighted by atomic mass is 79.9. The van der Waals surface area contributed by atoms with Crippen LogP contribution in [-0.4, -0.2) is 18.5 Å². The maximum atomic E-state index is 13.0. The lowest BCUT2D eigenvalue weighted by atomic mass is 9.68. The van der Waals surface area contributed by atoms with Crippen molar-refractivity contribution in [3.05, 3.63) is 51.0 Å². The summed E-state index contributed by atoms with van der Waals surface area (Å²) < 4.78 is 11.2. The van der Waals surface area contributed by atoms with Crippen LogP contribution in [0.1, 0.15) is 19.4 Å². The molecule has 0 aliphatic carbocycles. The van der Waals surface area contributed by atoms with E-state index in [1.54, 1.807) is 25.1 Å². The smallest absolute Gasteiger partial charge is 0.339 e. The van der Waals surface area contributed by atoms with E-state index in [1.165, 1.54) is 6.92 Å². The van der Waals surface area contributed by atoms with Crippen molar-refractivity contribution in [2.75, 3.05) is 11.9 Å². The van der Waals surface area contributed by atoms with Crippen LogP contribution >= 0.6 is 15.9 Å². The Labute approximate surface area is 152 Å². The van der Waals surface area contributed by atoms with Crippen LogP contribution in [0.15, 0.2) is 45.5 Å². The van der Waals surface area contributed by atoms with Crippen molar-refractivity contribution in [1.29, 1.82) is 5.26 Å². The zero-order valence-corrected chi connectivity index (χ0v) is 15.1. The minimum absolute atomic E-state index is 0.0429. The van der Waals surface area contributed by atoms with Gasteiger partial charge in [0.25, 0.3) is 0 Å². The minimum Gasteiger partial charge on any atom is -0.462 e. The van der Waals surface area contributed by atoms with Crippen LogP contribution < -0.4 is 11.1 Å². The quantitative estimate of drug-likeness (QED) is 0.731. The predicted octanol–water partition coefficient (Wildman–Crippen LogP) is 2.20. The van der Waals surface area contributed by atoms with Crippen LogP contribution in [0.3, 0.4) is 0 Å². The number of esters is 1. The van der Waals surface area contributed by atoms with E-state index in [0.29, 0.717) is 11.3 Å². The van der Waals surface area contributed by atoms with Crippen molar-refractivity contribution in [1.82, 2.24) is 0 Å². The van der Waals surface area contributed by atoms with Crippen molar-refractivity contribution in [2.24, 2.45) is 5.73 Å². The molecule has 2 aliphatic heterocycles. The van der Waals surface area contributed by atoms with Gasteiger partial charge in [-0.2, -0.15) is 5.26 Å². The highest BCUT2D eigenvalue weighted by Crippen LogP contribution is 2.52. The van der Waals surface area contributed by atoms with E-state index in [1.807, 2.05) is 6.07 Å². The Morgan fingerprint density at radius 1 is 1.52 bits per heavy atom. The molecule has 1 aromatic rings. The first-order chi connectivity index (χ1) is 11.9. The first kappa shape index (κ1) is 17.0. The van der Waals surface area contributed by atoms with Gasteiger partial charge in [-0.05, 0) is 26.0 Å². The molecule has 0 radical (unpaired) electrons. The Morgan fingerprint density at radius 2 is 2.24 bits per heavy atom. The summed E-state index contributed by atoms with van der Waals surface area (Å²) in [6.45, 7) is 3.28. The monoisotopic (exact) mass is 403 g/mol. The van der Waals surface area contributed by atoms with E-state index < -0.39 is 17.3 Å². The Balaban J connectivity index is 2.39. The van der Waals surface area contributed by atoms with Gasteiger partial charge in [0.1, 0.15) is 23.0 Å². The normalized spacial score (nSPS) is 21.6. The molecular weight excluding hydrogens is 390 g/mol. The van der Waals surface area contributed by atoms with Gasteiger partial charge in [0.05, 0.1) is 6.61 Å². The van der Waals surface area contributed by atoms with E-state index in [0.717, 1.165) is 4.47 Å². The second-order valence-corrected chi connectivity index (χ2v) is 6.41. The molecule has 3 N–H and O–H groups in total. The van der Waals surface area contributed by atoms with Crippen LogP contribution in [0.5, 0.6) is 0 Å². The lowest BCUT2D eigenvalue weighted by Crippen LogP contribution is -2.45. The number of benzene rings is 1. The van der Waals surface area contributed by atoms with E-state index in [-0.39, 0.29) is 29.4 Å². The third kappa shape index (κ3) is 2.23. The number of fused-ring (bicyclic) bond motifs is 2. The average Bonchev–Trinajstić information content (AvgIpc) is 2.80. The molecular formula is C17H14BrN3O4. The molecule has 1 atom stereocenters. The summed E-state index contributed by atoms with van der Waals surface area (Å²) in [5.41, 5.74) is 4.94. The van der Waals surface area contributed by atoms with Crippen molar-refractivity contribution >= 4 is 33.5 Å². The molecule has 1 unspecified atom stereocenters. The molecule has 2 heterocycles. The molecule has 1 spiro atoms. The molecule has 0 saturated heterocycles. The Kier molecular flexibility index (Phi) is 4.05. The van der Waals surface area contributed by atoms with E-state index in [9.17, 15) is 14.9 Å². The summed E-state index contributed by atoms with van der Waals surface area (Å²) in [6.07, 6.45) is 0. The van der Waals surface area contributed by atoms with Gasteiger partial charge in [-0.15, -0.1) is 0 Å². The Hall–Kier alpha value is -2.79. The number of nitrogens with two attached hydrogens (primary N) is 1. The number of nitrogens with one attached hydrogen (secondary N) is 1. The lowest BCUT2D eigenvalue weighted by molar-refractivity contribution is -0.140. The van der Waals surface area contributed by atoms with Crippen LogP contribution in [0.25, 0.3) is 0 Å². The number of carbonyl (C=O) groups excluding carboxylic acids is 2. The number of rotatable bonds is 2. The van der Waals surface area contributed by atoms with Crippen LogP contribution in [0.4, 0.5) is 5.69 Å². The van der Waals surface area contributed by atoms with E-state index >= 15 is 0 Å². The van der Waals surface area contributed by atoms with Crippen LogP contribution in [0, 0.1) is 11.3 Å². The lowest BCUT2D eigenvalue weighted by Gasteiger charge is -2.33. The zero-order chi connectivity index (χ0) is 18.4. The molecule has 8 heteroatoms. The molecule has 3 rings (SSSR count). The number of nitriles is 1. The van der Waals surface area contributed by atoms with Crippen molar-refractivity contribution < 1.29 is 19.1 Å². The molecule has 0 saturated carbocycles. The molecule has 0 fully saturated rings. The fraction of sp³-hybridized carbons (Fsp3) is 0.235. The van der Waals surface area contributed by atoms with Crippen LogP contribution in [-0.2, 0) is 24.5 Å². The molecule has 1 aromatic carbocycles. The van der Waals surface area contributed by atoms with Gasteiger partial charge in [-0.25, -0.2) is 4.79 Å². The molecule has 0 aromatic heterocycles.